The lowest BCUT2D eigenvalue weighted by Crippen LogP contribution is -2.55. The van der Waals surface area contributed by atoms with Crippen molar-refractivity contribution in [3.8, 4) is 0 Å². The summed E-state index contributed by atoms with van der Waals surface area (Å²) in [6, 6.07) is 2.76. The van der Waals surface area contributed by atoms with Crippen LogP contribution in [0.3, 0.4) is 0 Å². The van der Waals surface area contributed by atoms with Crippen molar-refractivity contribution in [2.24, 2.45) is 5.73 Å². The number of nitrogens with two attached hydrogens (primary N) is 1. The third-order valence-corrected chi connectivity index (χ3v) is 3.75. The molecule has 1 heterocycles. The summed E-state index contributed by atoms with van der Waals surface area (Å²) in [5, 5.41) is 10.1. The quantitative estimate of drug-likeness (QED) is 0.833. The molecule has 122 valence electrons. The molecule has 0 aliphatic carbocycles. The number of carbonyl (C=O) groups is 1. The summed E-state index contributed by atoms with van der Waals surface area (Å²) in [5.41, 5.74) is 2.39. The van der Waals surface area contributed by atoms with Gasteiger partial charge in [0.2, 0.25) is 0 Å². The van der Waals surface area contributed by atoms with E-state index in [0.29, 0.717) is 13.0 Å². The maximum Gasteiger partial charge on any atom is 0.419 e. The van der Waals surface area contributed by atoms with Crippen LogP contribution < -0.4 is 5.73 Å². The first kappa shape index (κ1) is 16.7. The van der Waals surface area contributed by atoms with Crippen molar-refractivity contribution in [2.45, 2.75) is 31.2 Å². The highest BCUT2D eigenvalue weighted by atomic mass is 19.4. The standard InChI is InChI=1S/C14H16F4N2O2/c15-11-3-2-9(6-10(11)14(16,17)18)7-20-5-1-4-13(22,8-20)12(19)21/h2-3,6,22H,1,4-5,7-8H2,(H2,19,21). The Labute approximate surface area is 124 Å². The molecule has 1 atom stereocenters. The summed E-state index contributed by atoms with van der Waals surface area (Å²) in [4.78, 5) is 12.9. The number of β-amino-alcohol motifs (C(OH)–C–C–N with tert-alkyl or cyclic N) is 1. The number of carbonyl (C=O) groups excluding carboxylic acids is 1. The van der Waals surface area contributed by atoms with Crippen LogP contribution in [0.25, 0.3) is 0 Å². The molecule has 8 heteroatoms. The van der Waals surface area contributed by atoms with Crippen LogP contribution in [0.4, 0.5) is 17.6 Å². The molecule has 4 nitrogen and oxygen atoms in total. The average molecular weight is 320 g/mol. The third kappa shape index (κ3) is 3.56. The number of benzene rings is 1. The number of piperidine rings is 1. The van der Waals surface area contributed by atoms with Crippen LogP contribution in [-0.4, -0.2) is 34.6 Å². The van der Waals surface area contributed by atoms with E-state index in [1.807, 2.05) is 0 Å². The summed E-state index contributed by atoms with van der Waals surface area (Å²) < 4.78 is 51.3. The van der Waals surface area contributed by atoms with Gasteiger partial charge in [0.05, 0.1) is 5.56 Å². The van der Waals surface area contributed by atoms with Gasteiger partial charge in [-0.3, -0.25) is 9.69 Å². The number of rotatable bonds is 3. The fraction of sp³-hybridized carbons (Fsp3) is 0.500. The van der Waals surface area contributed by atoms with Gasteiger partial charge in [-0.1, -0.05) is 6.07 Å². The van der Waals surface area contributed by atoms with Crippen molar-refractivity contribution in [2.75, 3.05) is 13.1 Å². The molecule has 1 aromatic carbocycles. The molecular formula is C14H16F4N2O2. The summed E-state index contributed by atoms with van der Waals surface area (Å²) in [5.74, 6) is -2.18. The molecule has 3 N–H and O–H groups in total. The smallest absolute Gasteiger partial charge is 0.379 e. The van der Waals surface area contributed by atoms with Crippen LogP contribution in [0, 0.1) is 5.82 Å². The molecule has 0 radical (unpaired) electrons. The van der Waals surface area contributed by atoms with Gasteiger partial charge in [-0.2, -0.15) is 13.2 Å². The van der Waals surface area contributed by atoms with E-state index in [9.17, 15) is 27.5 Å². The van der Waals surface area contributed by atoms with Crippen LogP contribution in [0.5, 0.6) is 0 Å². The van der Waals surface area contributed by atoms with Gasteiger partial charge in [0.15, 0.2) is 5.60 Å². The first-order valence-electron chi connectivity index (χ1n) is 6.72. The van der Waals surface area contributed by atoms with Gasteiger partial charge in [-0.25, -0.2) is 4.39 Å². The second kappa shape index (κ2) is 5.85. The van der Waals surface area contributed by atoms with E-state index in [4.69, 9.17) is 5.73 Å². The first-order chi connectivity index (χ1) is 10.1. The Morgan fingerprint density at radius 3 is 2.68 bits per heavy atom. The Balaban J connectivity index is 2.16. The van der Waals surface area contributed by atoms with Crippen molar-refractivity contribution in [1.29, 1.82) is 0 Å². The lowest BCUT2D eigenvalue weighted by molar-refractivity contribution is -0.142. The molecule has 1 fully saturated rings. The second-order valence-electron chi connectivity index (χ2n) is 5.52. The normalized spacial score (nSPS) is 23.5. The van der Waals surface area contributed by atoms with Crippen LogP contribution in [0.15, 0.2) is 18.2 Å². The summed E-state index contributed by atoms with van der Waals surface area (Å²) in [6.45, 7) is 0.522. The first-order valence-corrected chi connectivity index (χ1v) is 6.72. The number of hydrogen-bond acceptors (Lipinski definition) is 3. The molecule has 1 amide bonds. The number of likely N-dealkylation sites (tertiary alicyclic amines) is 1. The van der Waals surface area contributed by atoms with Gasteiger partial charge in [0, 0.05) is 13.1 Å². The Bertz CT molecular complexity index is 576. The number of hydrogen-bond donors (Lipinski definition) is 2. The predicted molar refractivity (Wildman–Crippen MR) is 70.1 cm³/mol. The van der Waals surface area contributed by atoms with Crippen LogP contribution in [0.1, 0.15) is 24.0 Å². The van der Waals surface area contributed by atoms with E-state index in [2.05, 4.69) is 0 Å². The van der Waals surface area contributed by atoms with Gasteiger partial charge in [-0.15, -0.1) is 0 Å². The Morgan fingerprint density at radius 1 is 1.41 bits per heavy atom. The zero-order valence-electron chi connectivity index (χ0n) is 11.7. The number of nitrogens with zero attached hydrogens (tertiary/aromatic N) is 1. The largest absolute Gasteiger partial charge is 0.419 e. The third-order valence-electron chi connectivity index (χ3n) is 3.75. The highest BCUT2D eigenvalue weighted by Crippen LogP contribution is 2.32. The van der Waals surface area contributed by atoms with Crippen molar-refractivity contribution in [3.63, 3.8) is 0 Å². The van der Waals surface area contributed by atoms with Gasteiger partial charge < -0.3 is 10.8 Å². The van der Waals surface area contributed by atoms with Crippen LogP contribution in [0.2, 0.25) is 0 Å². The highest BCUT2D eigenvalue weighted by molar-refractivity contribution is 5.83. The maximum absolute atomic E-state index is 13.2. The number of primary amides is 1. The summed E-state index contributed by atoms with van der Waals surface area (Å²) >= 11 is 0. The number of alkyl halides is 3. The van der Waals surface area contributed by atoms with Crippen molar-refractivity contribution >= 4 is 5.91 Å². The summed E-state index contributed by atoms with van der Waals surface area (Å²) in [6.07, 6.45) is -4.06. The van der Waals surface area contributed by atoms with E-state index >= 15 is 0 Å². The van der Waals surface area contributed by atoms with E-state index in [1.54, 1.807) is 4.90 Å². The molecule has 0 aromatic heterocycles. The highest BCUT2D eigenvalue weighted by Gasteiger charge is 2.39. The fourth-order valence-electron chi connectivity index (χ4n) is 2.61. The lowest BCUT2D eigenvalue weighted by Gasteiger charge is -2.37. The number of halogens is 4. The monoisotopic (exact) mass is 320 g/mol. The minimum Gasteiger partial charge on any atom is -0.379 e. The molecule has 0 spiro atoms. The Hall–Kier alpha value is -1.67. The van der Waals surface area contributed by atoms with Crippen LogP contribution >= 0.6 is 0 Å². The molecule has 22 heavy (non-hydrogen) atoms. The molecule has 1 aliphatic heterocycles. The van der Waals surface area contributed by atoms with Crippen molar-refractivity contribution < 1.29 is 27.5 Å². The minimum atomic E-state index is -4.77. The van der Waals surface area contributed by atoms with Gasteiger partial charge in [0.1, 0.15) is 5.82 Å². The molecule has 1 saturated heterocycles. The molecule has 1 aliphatic rings. The number of aliphatic hydroxyl groups is 1. The van der Waals surface area contributed by atoms with E-state index < -0.39 is 29.1 Å². The summed E-state index contributed by atoms with van der Waals surface area (Å²) in [7, 11) is 0. The van der Waals surface area contributed by atoms with E-state index in [-0.39, 0.29) is 25.1 Å². The van der Waals surface area contributed by atoms with Gasteiger partial charge in [-0.05, 0) is 37.1 Å². The SMILES string of the molecule is NC(=O)C1(O)CCCN(Cc2ccc(F)c(C(F)(F)F)c2)C1. The molecule has 1 aromatic rings. The minimum absolute atomic E-state index is 0.0545. The average Bonchev–Trinajstić information content (AvgIpc) is 2.39. The van der Waals surface area contributed by atoms with Crippen molar-refractivity contribution in [1.82, 2.24) is 4.90 Å². The van der Waals surface area contributed by atoms with E-state index in [1.165, 1.54) is 6.07 Å². The lowest BCUT2D eigenvalue weighted by atomic mass is 9.92. The van der Waals surface area contributed by atoms with E-state index in [0.717, 1.165) is 12.1 Å². The Kier molecular flexibility index (Phi) is 4.44. The maximum atomic E-state index is 13.2. The number of amides is 1. The Morgan fingerprint density at radius 2 is 2.09 bits per heavy atom. The molecular weight excluding hydrogens is 304 g/mol. The van der Waals surface area contributed by atoms with Crippen molar-refractivity contribution in [3.05, 3.63) is 35.1 Å². The topological polar surface area (TPSA) is 66.6 Å². The van der Waals surface area contributed by atoms with Gasteiger partial charge in [0.25, 0.3) is 5.91 Å². The predicted octanol–water partition coefficient (Wildman–Crippen LogP) is 1.66. The zero-order valence-corrected chi connectivity index (χ0v) is 11.7. The fourth-order valence-corrected chi connectivity index (χ4v) is 2.61. The second-order valence-corrected chi connectivity index (χ2v) is 5.52. The molecule has 0 saturated carbocycles. The molecule has 0 bridgehead atoms. The van der Waals surface area contributed by atoms with Crippen LogP contribution in [-0.2, 0) is 17.5 Å². The molecule has 1 unspecified atom stereocenters. The zero-order chi connectivity index (χ0) is 16.5. The van der Waals surface area contributed by atoms with Gasteiger partial charge >= 0.3 is 6.18 Å². The molecule has 2 rings (SSSR count).